The van der Waals surface area contributed by atoms with Gasteiger partial charge < -0.3 is 10.8 Å². The Labute approximate surface area is 94.3 Å². The zero-order chi connectivity index (χ0) is 10.9. The van der Waals surface area contributed by atoms with Crippen LogP contribution in [0.15, 0.2) is 6.20 Å². The molecule has 2 rings (SSSR count). The van der Waals surface area contributed by atoms with Crippen molar-refractivity contribution in [2.24, 2.45) is 5.92 Å². The molecule has 3 N–H and O–H groups in total. The summed E-state index contributed by atoms with van der Waals surface area (Å²) in [6.45, 7) is 2.22. The maximum atomic E-state index is 10.5. The second-order valence-corrected chi connectivity index (χ2v) is 5.51. The predicted molar refractivity (Wildman–Crippen MR) is 62.7 cm³/mol. The van der Waals surface area contributed by atoms with Gasteiger partial charge in [-0.05, 0) is 31.6 Å². The Morgan fingerprint density at radius 3 is 2.73 bits per heavy atom. The van der Waals surface area contributed by atoms with Crippen LogP contribution < -0.4 is 5.73 Å². The van der Waals surface area contributed by atoms with Gasteiger partial charge in [0, 0.05) is 6.20 Å². The lowest BCUT2D eigenvalue weighted by atomic mass is 9.77. The highest BCUT2D eigenvalue weighted by molar-refractivity contribution is 7.15. The molecule has 0 aromatic carbocycles. The maximum absolute atomic E-state index is 10.5. The van der Waals surface area contributed by atoms with Gasteiger partial charge in [-0.15, -0.1) is 0 Å². The Morgan fingerprint density at radius 1 is 1.60 bits per heavy atom. The zero-order valence-corrected chi connectivity index (χ0v) is 9.89. The fourth-order valence-corrected chi connectivity index (χ4v) is 3.14. The van der Waals surface area contributed by atoms with Crippen molar-refractivity contribution in [3.8, 4) is 0 Å². The van der Waals surface area contributed by atoms with Gasteiger partial charge in [0.25, 0.3) is 0 Å². The number of aromatic nitrogens is 1. The number of hydrogen-bond acceptors (Lipinski definition) is 4. The number of aliphatic hydroxyl groups is 1. The van der Waals surface area contributed by atoms with Gasteiger partial charge >= 0.3 is 0 Å². The van der Waals surface area contributed by atoms with E-state index in [2.05, 4.69) is 11.9 Å². The molecule has 4 heteroatoms. The number of nitrogens with zero attached hydrogens (tertiary/aromatic N) is 1. The van der Waals surface area contributed by atoms with E-state index < -0.39 is 5.60 Å². The van der Waals surface area contributed by atoms with Crippen LogP contribution in [0.5, 0.6) is 0 Å². The topological polar surface area (TPSA) is 59.1 Å². The minimum atomic E-state index is -0.652. The van der Waals surface area contributed by atoms with Crippen LogP contribution >= 0.6 is 11.3 Å². The van der Waals surface area contributed by atoms with Gasteiger partial charge in [0.1, 0.15) is 5.60 Å². The first kappa shape index (κ1) is 10.9. The largest absolute Gasteiger partial charge is 0.384 e. The summed E-state index contributed by atoms with van der Waals surface area (Å²) in [5.41, 5.74) is 4.94. The summed E-state index contributed by atoms with van der Waals surface area (Å²) >= 11 is 1.42. The lowest BCUT2D eigenvalue weighted by Gasteiger charge is -2.34. The van der Waals surface area contributed by atoms with E-state index in [0.717, 1.165) is 36.5 Å². The molecule has 1 aliphatic rings. The van der Waals surface area contributed by atoms with Crippen LogP contribution in [0, 0.1) is 5.92 Å². The Balaban J connectivity index is 2.09. The molecular formula is C11H18N2OS. The quantitative estimate of drug-likeness (QED) is 0.814. The highest BCUT2D eigenvalue weighted by Crippen LogP contribution is 2.42. The number of rotatable bonds is 2. The van der Waals surface area contributed by atoms with Gasteiger partial charge in [0.05, 0.1) is 4.88 Å². The smallest absolute Gasteiger partial charge is 0.180 e. The van der Waals surface area contributed by atoms with Crippen molar-refractivity contribution >= 4 is 16.5 Å². The van der Waals surface area contributed by atoms with Gasteiger partial charge in [0.2, 0.25) is 0 Å². The third-order valence-corrected chi connectivity index (χ3v) is 4.51. The summed E-state index contributed by atoms with van der Waals surface area (Å²) in [5.74, 6) is 0.788. The number of nitrogens with two attached hydrogens (primary N) is 1. The van der Waals surface area contributed by atoms with E-state index in [4.69, 9.17) is 5.73 Å². The molecule has 1 saturated carbocycles. The van der Waals surface area contributed by atoms with Crippen LogP contribution in [-0.2, 0) is 5.60 Å². The number of nitrogen functional groups attached to an aromatic ring is 1. The van der Waals surface area contributed by atoms with Gasteiger partial charge in [-0.25, -0.2) is 4.98 Å². The van der Waals surface area contributed by atoms with E-state index in [1.807, 2.05) is 0 Å². The molecule has 1 aromatic heterocycles. The van der Waals surface area contributed by atoms with Gasteiger partial charge in [0.15, 0.2) is 5.13 Å². The van der Waals surface area contributed by atoms with Crippen molar-refractivity contribution in [3.05, 3.63) is 11.1 Å². The normalized spacial score (nSPS) is 31.7. The highest BCUT2D eigenvalue weighted by atomic mass is 32.1. The molecule has 1 aromatic rings. The average molecular weight is 226 g/mol. The molecule has 1 heterocycles. The predicted octanol–water partition coefficient (Wildman–Crippen LogP) is 2.51. The fourth-order valence-electron chi connectivity index (χ4n) is 2.31. The third kappa shape index (κ3) is 2.16. The molecule has 0 amide bonds. The lowest BCUT2D eigenvalue weighted by Crippen LogP contribution is -2.30. The first-order valence-corrected chi connectivity index (χ1v) is 6.40. The summed E-state index contributed by atoms with van der Waals surface area (Å²) in [5, 5.41) is 11.0. The summed E-state index contributed by atoms with van der Waals surface area (Å²) in [6.07, 6.45) is 6.89. The molecule has 1 fully saturated rings. The number of thiazole rings is 1. The second kappa shape index (κ2) is 4.10. The molecule has 3 nitrogen and oxygen atoms in total. The Hall–Kier alpha value is -0.610. The average Bonchev–Trinajstić information content (AvgIpc) is 2.67. The molecule has 0 aliphatic heterocycles. The Kier molecular flexibility index (Phi) is 2.98. The van der Waals surface area contributed by atoms with Gasteiger partial charge in [-0.3, -0.25) is 0 Å². The summed E-state index contributed by atoms with van der Waals surface area (Å²) in [6, 6.07) is 0. The molecule has 84 valence electrons. The highest BCUT2D eigenvalue weighted by Gasteiger charge is 2.35. The van der Waals surface area contributed by atoms with Crippen LogP contribution in [0.4, 0.5) is 5.13 Å². The zero-order valence-electron chi connectivity index (χ0n) is 9.07. The minimum Gasteiger partial charge on any atom is -0.384 e. The third-order valence-electron chi connectivity index (χ3n) is 3.49. The summed E-state index contributed by atoms with van der Waals surface area (Å²) in [7, 11) is 0. The van der Waals surface area contributed by atoms with E-state index in [9.17, 15) is 5.11 Å². The van der Waals surface area contributed by atoms with Crippen LogP contribution in [0.1, 0.15) is 43.9 Å². The van der Waals surface area contributed by atoms with Gasteiger partial charge in [-0.1, -0.05) is 24.7 Å². The second-order valence-electron chi connectivity index (χ2n) is 4.45. The molecular weight excluding hydrogens is 208 g/mol. The van der Waals surface area contributed by atoms with Crippen LogP contribution in [0.2, 0.25) is 0 Å². The first-order chi connectivity index (χ1) is 7.14. The van der Waals surface area contributed by atoms with E-state index in [1.54, 1.807) is 6.20 Å². The Bertz CT molecular complexity index is 329. The van der Waals surface area contributed by atoms with Crippen LogP contribution in [-0.4, -0.2) is 10.1 Å². The molecule has 0 radical (unpaired) electrons. The molecule has 0 spiro atoms. The van der Waals surface area contributed by atoms with Gasteiger partial charge in [-0.2, -0.15) is 0 Å². The SMILES string of the molecule is CCC1CCC(O)(c2cnc(N)s2)CC1. The lowest BCUT2D eigenvalue weighted by molar-refractivity contribution is -0.0115. The van der Waals surface area contributed by atoms with Crippen molar-refractivity contribution in [2.75, 3.05) is 5.73 Å². The fraction of sp³-hybridized carbons (Fsp3) is 0.727. The molecule has 0 atom stereocenters. The van der Waals surface area contributed by atoms with Crippen LogP contribution in [0.3, 0.4) is 0 Å². The molecule has 0 saturated heterocycles. The summed E-state index contributed by atoms with van der Waals surface area (Å²) < 4.78 is 0. The van der Waals surface area contributed by atoms with Crippen molar-refractivity contribution in [3.63, 3.8) is 0 Å². The maximum Gasteiger partial charge on any atom is 0.180 e. The molecule has 0 unspecified atom stereocenters. The standard InChI is InChI=1S/C11H18N2OS/c1-2-8-3-5-11(14,6-4-8)9-7-13-10(12)15-9/h7-8,14H,2-6H2,1H3,(H2,12,13). The monoisotopic (exact) mass is 226 g/mol. The van der Waals surface area contributed by atoms with E-state index in [-0.39, 0.29) is 0 Å². The van der Waals surface area contributed by atoms with E-state index >= 15 is 0 Å². The molecule has 15 heavy (non-hydrogen) atoms. The van der Waals surface area contributed by atoms with Crippen molar-refractivity contribution < 1.29 is 5.11 Å². The summed E-state index contributed by atoms with van der Waals surface area (Å²) in [4.78, 5) is 4.95. The first-order valence-electron chi connectivity index (χ1n) is 5.58. The minimum absolute atomic E-state index is 0.552. The Morgan fingerprint density at radius 2 is 2.27 bits per heavy atom. The van der Waals surface area contributed by atoms with Crippen molar-refractivity contribution in [2.45, 2.75) is 44.6 Å². The van der Waals surface area contributed by atoms with Crippen molar-refractivity contribution in [1.29, 1.82) is 0 Å². The van der Waals surface area contributed by atoms with E-state index in [1.165, 1.54) is 17.8 Å². The number of anilines is 1. The van der Waals surface area contributed by atoms with Crippen molar-refractivity contribution in [1.82, 2.24) is 4.98 Å². The molecule has 0 bridgehead atoms. The number of hydrogen-bond donors (Lipinski definition) is 2. The van der Waals surface area contributed by atoms with E-state index in [0.29, 0.717) is 5.13 Å². The molecule has 1 aliphatic carbocycles. The van der Waals surface area contributed by atoms with Crippen LogP contribution in [0.25, 0.3) is 0 Å².